The average Bonchev–Trinajstić information content (AvgIpc) is 2.88. The molecule has 2 aromatic carbocycles. The Hall–Kier alpha value is -1.69. The number of hydrogen-bond acceptors (Lipinski definition) is 3. The van der Waals surface area contributed by atoms with Gasteiger partial charge in [0, 0.05) is 0 Å². The summed E-state index contributed by atoms with van der Waals surface area (Å²) in [4.78, 5) is 15.4. The third-order valence-corrected chi connectivity index (χ3v) is 6.95. The molecule has 0 unspecified atom stereocenters. The molecule has 0 radical (unpaired) electrons. The average molecular weight is 675 g/mol. The molecule has 0 bridgehead atoms. The predicted molar refractivity (Wildman–Crippen MR) is 166 cm³/mol. The summed E-state index contributed by atoms with van der Waals surface area (Å²) in [7, 11) is 0. The molecule has 1 heterocycles. The van der Waals surface area contributed by atoms with E-state index in [2.05, 4.69) is 97.9 Å². The summed E-state index contributed by atoms with van der Waals surface area (Å²) in [5, 5.41) is 0. The van der Waals surface area contributed by atoms with E-state index in [1.807, 2.05) is 0 Å². The molecule has 0 fully saturated rings. The molecule has 0 aliphatic heterocycles. The van der Waals surface area contributed by atoms with Crippen LogP contribution in [-0.2, 0) is 42.5 Å². The first kappa shape index (κ1) is 42.4. The summed E-state index contributed by atoms with van der Waals surface area (Å²) in [5.74, 6) is 0. The van der Waals surface area contributed by atoms with Crippen molar-refractivity contribution >= 4 is 22.8 Å². The number of hydrogen-bond donors (Lipinski definition) is 0. The minimum atomic E-state index is 0. The monoisotopic (exact) mass is 673 g/mol. The molecule has 7 heteroatoms. The van der Waals surface area contributed by atoms with Crippen molar-refractivity contribution in [1.29, 1.82) is 0 Å². The van der Waals surface area contributed by atoms with Gasteiger partial charge in [-0.15, -0.1) is 0 Å². The number of nitrogens with zero attached hydrogens (tertiary/aromatic N) is 3. The van der Waals surface area contributed by atoms with Crippen LogP contribution in [0.4, 0.5) is 11.4 Å². The van der Waals surface area contributed by atoms with Gasteiger partial charge in [0.25, 0.3) is 0 Å². The van der Waals surface area contributed by atoms with E-state index in [0.29, 0.717) is 0 Å². The van der Waals surface area contributed by atoms with Crippen LogP contribution in [-0.4, -0.2) is 16.4 Å². The Morgan fingerprint density at radius 1 is 0.571 bits per heavy atom. The number of aryl methyl sites for hydroxylation is 6. The van der Waals surface area contributed by atoms with Crippen LogP contribution in [0.15, 0.2) is 52.4 Å². The van der Waals surface area contributed by atoms with Crippen molar-refractivity contribution in [3.63, 3.8) is 0 Å². The van der Waals surface area contributed by atoms with Crippen LogP contribution in [0.25, 0.3) is 0 Å². The van der Waals surface area contributed by atoms with Crippen molar-refractivity contribution in [2.75, 3.05) is 0 Å². The molecule has 0 atom stereocenters. The van der Waals surface area contributed by atoms with Crippen molar-refractivity contribution in [1.82, 2.24) is 4.98 Å². The molecule has 0 spiro atoms. The number of aliphatic imine (C=N–C) groups is 2. The van der Waals surface area contributed by atoms with Gasteiger partial charge in [-0.3, -0.25) is 9.98 Å². The minimum Gasteiger partial charge on any atom is -1.00 e. The summed E-state index contributed by atoms with van der Waals surface area (Å²) >= 11 is 0. The first-order valence-electron chi connectivity index (χ1n) is 14.6. The molecular formula is C35H47Cl3CoN3. The molecule has 0 N–H and O–H groups in total. The quantitative estimate of drug-likeness (QED) is 0.262. The van der Waals surface area contributed by atoms with Crippen LogP contribution in [0.2, 0.25) is 0 Å². The summed E-state index contributed by atoms with van der Waals surface area (Å²) in [6, 6.07) is 15.4. The molecule has 1 aromatic heterocycles. The summed E-state index contributed by atoms with van der Waals surface area (Å²) < 4.78 is 0. The second kappa shape index (κ2) is 21.1. The van der Waals surface area contributed by atoms with Crippen LogP contribution in [0.3, 0.4) is 0 Å². The van der Waals surface area contributed by atoms with Gasteiger partial charge in [0.1, 0.15) is 0 Å². The fraction of sp³-hybridized carbons (Fsp3) is 0.457. The van der Waals surface area contributed by atoms with Crippen LogP contribution in [0, 0.1) is 13.8 Å². The molecule has 0 aliphatic rings. The first-order valence-corrected chi connectivity index (χ1v) is 14.6. The molecule has 3 aromatic rings. The Bertz CT molecular complexity index is 1170. The van der Waals surface area contributed by atoms with E-state index in [4.69, 9.17) is 15.0 Å². The third kappa shape index (κ3) is 11.4. The Morgan fingerprint density at radius 3 is 1.12 bits per heavy atom. The maximum Gasteiger partial charge on any atom is 3.00 e. The number of benzene rings is 2. The second-order valence-corrected chi connectivity index (χ2v) is 10.7. The minimum absolute atomic E-state index is 0. The van der Waals surface area contributed by atoms with E-state index < -0.39 is 0 Å². The Balaban J connectivity index is 0. The summed E-state index contributed by atoms with van der Waals surface area (Å²) in [6.07, 6.45) is 8.61. The van der Waals surface area contributed by atoms with Crippen LogP contribution in [0.1, 0.15) is 112 Å². The van der Waals surface area contributed by atoms with Gasteiger partial charge in [-0.25, -0.2) is 4.98 Å². The maximum absolute atomic E-state index is 5.19. The van der Waals surface area contributed by atoms with E-state index in [0.717, 1.165) is 85.6 Å². The standard InChI is InChI=1S/C35H47N3.3ClH.Co/c1-9-14-28-20-24(5)21-29(15-10-2)34(28)36-26(7)32-18-13-19-33(38-32)27(8)37-35-30(16-11-3)22-25(6)23-31(35)17-12-4;;;;/h13,18-23H,9-12,14-17H2,1-8H3;3*1H;/q;;;;+3/p-3. The first-order chi connectivity index (χ1) is 18.3. The second-order valence-electron chi connectivity index (χ2n) is 10.7. The van der Waals surface area contributed by atoms with E-state index in [9.17, 15) is 0 Å². The fourth-order valence-electron chi connectivity index (χ4n) is 5.28. The van der Waals surface area contributed by atoms with Gasteiger partial charge in [-0.05, 0) is 87.8 Å². The molecule has 42 heavy (non-hydrogen) atoms. The van der Waals surface area contributed by atoms with Gasteiger partial charge >= 0.3 is 16.8 Å². The van der Waals surface area contributed by atoms with Gasteiger partial charge in [-0.2, -0.15) is 0 Å². The van der Waals surface area contributed by atoms with Crippen molar-refractivity contribution in [3.05, 3.63) is 87.2 Å². The molecular weight excluding hydrogens is 628 g/mol. The van der Waals surface area contributed by atoms with Crippen molar-refractivity contribution < 1.29 is 54.0 Å². The van der Waals surface area contributed by atoms with Crippen LogP contribution >= 0.6 is 0 Å². The van der Waals surface area contributed by atoms with Crippen molar-refractivity contribution in [3.8, 4) is 0 Å². The Kier molecular flexibility index (Phi) is 21.3. The van der Waals surface area contributed by atoms with Gasteiger partial charge in [0.05, 0.1) is 34.2 Å². The topological polar surface area (TPSA) is 37.6 Å². The maximum atomic E-state index is 5.19. The SMILES string of the molecule is CCCc1cc(C)cc(CCC)c1N=C(C)c1cccc(C(C)=Nc2c(CCC)cc(C)cc2CCC)n1.[Cl-].[Cl-].[Cl-].[Co+3]. The van der Waals surface area contributed by atoms with Gasteiger partial charge in [0.15, 0.2) is 0 Å². The van der Waals surface area contributed by atoms with Gasteiger partial charge in [-0.1, -0.05) is 94.8 Å². The molecule has 3 nitrogen and oxygen atoms in total. The van der Waals surface area contributed by atoms with E-state index >= 15 is 0 Å². The molecule has 0 aliphatic carbocycles. The van der Waals surface area contributed by atoms with Gasteiger partial charge < -0.3 is 37.2 Å². The molecule has 0 saturated heterocycles. The number of pyridine rings is 1. The normalized spacial score (nSPS) is 11.1. The number of halogens is 3. The van der Waals surface area contributed by atoms with E-state index in [-0.39, 0.29) is 54.0 Å². The molecule has 232 valence electrons. The van der Waals surface area contributed by atoms with E-state index in [1.165, 1.54) is 33.4 Å². The summed E-state index contributed by atoms with van der Waals surface area (Å²) in [5.41, 5.74) is 14.0. The smallest absolute Gasteiger partial charge is 1.00 e. The largest absolute Gasteiger partial charge is 3.00 e. The zero-order chi connectivity index (χ0) is 27.7. The predicted octanol–water partition coefficient (Wildman–Crippen LogP) is 0.799. The third-order valence-electron chi connectivity index (χ3n) is 6.95. The van der Waals surface area contributed by atoms with Crippen molar-refractivity contribution in [2.24, 2.45) is 9.98 Å². The number of rotatable bonds is 12. The van der Waals surface area contributed by atoms with Crippen molar-refractivity contribution in [2.45, 2.75) is 107 Å². The Labute approximate surface area is 284 Å². The van der Waals surface area contributed by atoms with E-state index in [1.54, 1.807) is 0 Å². The zero-order valence-corrected chi connectivity index (χ0v) is 29.8. The van der Waals surface area contributed by atoms with Crippen LogP contribution in [0.5, 0.6) is 0 Å². The number of aromatic nitrogens is 1. The Morgan fingerprint density at radius 2 is 0.857 bits per heavy atom. The molecule has 0 amide bonds. The van der Waals surface area contributed by atoms with Gasteiger partial charge in [0.2, 0.25) is 0 Å². The zero-order valence-electron chi connectivity index (χ0n) is 26.5. The van der Waals surface area contributed by atoms with Crippen LogP contribution < -0.4 is 37.2 Å². The molecule has 3 rings (SSSR count). The fourth-order valence-corrected chi connectivity index (χ4v) is 5.28. The summed E-state index contributed by atoms with van der Waals surface area (Å²) in [6.45, 7) is 17.5. The molecule has 0 saturated carbocycles.